The van der Waals surface area contributed by atoms with E-state index in [1.165, 1.54) is 32.4 Å². The third-order valence-corrected chi connectivity index (χ3v) is 3.70. The smallest absolute Gasteiger partial charge is 0.162 e. The summed E-state index contributed by atoms with van der Waals surface area (Å²) in [5.41, 5.74) is 1.60. The van der Waals surface area contributed by atoms with Crippen molar-refractivity contribution in [3.8, 4) is 12.3 Å². The Morgan fingerprint density at radius 2 is 1.84 bits per heavy atom. The highest BCUT2D eigenvalue weighted by molar-refractivity contribution is 5.96. The van der Waals surface area contributed by atoms with E-state index in [2.05, 4.69) is 10.8 Å². The molecule has 0 N–H and O–H groups in total. The quantitative estimate of drug-likeness (QED) is 0.595. The van der Waals surface area contributed by atoms with Gasteiger partial charge in [0, 0.05) is 17.5 Å². The van der Waals surface area contributed by atoms with Crippen molar-refractivity contribution in [3.05, 3.63) is 35.4 Å². The predicted octanol–water partition coefficient (Wildman–Crippen LogP) is 3.12. The first-order chi connectivity index (χ1) is 9.29. The van der Waals surface area contributed by atoms with Crippen LogP contribution in [0.25, 0.3) is 0 Å². The van der Waals surface area contributed by atoms with Gasteiger partial charge in [0.1, 0.15) is 0 Å². The van der Waals surface area contributed by atoms with Crippen LogP contribution in [-0.4, -0.2) is 30.3 Å². The lowest BCUT2D eigenvalue weighted by atomic mass is 10.0. The van der Waals surface area contributed by atoms with E-state index < -0.39 is 0 Å². The van der Waals surface area contributed by atoms with Gasteiger partial charge in [-0.05, 0) is 51.0 Å². The molecule has 0 spiro atoms. The first-order valence-corrected chi connectivity index (χ1v) is 7.12. The minimum Gasteiger partial charge on any atom is -0.303 e. The Hall–Kier alpha value is -1.59. The lowest BCUT2D eigenvalue weighted by Crippen LogP contribution is -2.30. The molecule has 2 rings (SSSR count). The Kier molecular flexibility index (Phi) is 5.18. The molecular weight excluding hydrogens is 234 g/mol. The summed E-state index contributed by atoms with van der Waals surface area (Å²) >= 11 is 0. The molecule has 0 unspecified atom stereocenters. The van der Waals surface area contributed by atoms with Crippen molar-refractivity contribution in [1.82, 2.24) is 4.90 Å². The van der Waals surface area contributed by atoms with Crippen molar-refractivity contribution < 1.29 is 4.79 Å². The summed E-state index contributed by atoms with van der Waals surface area (Å²) in [6.07, 6.45) is 10.9. The number of likely N-dealkylation sites (tertiary alicyclic amines) is 1. The maximum absolute atomic E-state index is 12.0. The van der Waals surface area contributed by atoms with Gasteiger partial charge in [-0.25, -0.2) is 0 Å². The Labute approximate surface area is 115 Å². The second-order valence-corrected chi connectivity index (χ2v) is 5.15. The molecule has 0 radical (unpaired) electrons. The fraction of sp³-hybridized carbons (Fsp3) is 0.471. The van der Waals surface area contributed by atoms with E-state index in [4.69, 9.17) is 6.42 Å². The van der Waals surface area contributed by atoms with Gasteiger partial charge in [0.05, 0.1) is 0 Å². The van der Waals surface area contributed by atoms with E-state index in [9.17, 15) is 4.79 Å². The highest BCUT2D eigenvalue weighted by atomic mass is 16.1. The molecule has 1 aliphatic heterocycles. The van der Waals surface area contributed by atoms with E-state index in [1.807, 2.05) is 24.3 Å². The summed E-state index contributed by atoms with van der Waals surface area (Å²) < 4.78 is 0. The molecule has 1 aromatic rings. The van der Waals surface area contributed by atoms with Gasteiger partial charge in [-0.2, -0.15) is 0 Å². The van der Waals surface area contributed by atoms with E-state index in [0.717, 1.165) is 24.1 Å². The molecule has 1 heterocycles. The fourth-order valence-corrected chi connectivity index (χ4v) is 2.54. The average molecular weight is 255 g/mol. The van der Waals surface area contributed by atoms with E-state index in [1.54, 1.807) is 0 Å². The standard InChI is InChI=1S/C17H21NO/c1-2-15-8-10-16(11-9-15)17(19)7-6-14-18-12-4-3-5-13-18/h1,8-11H,3-7,12-14H2. The van der Waals surface area contributed by atoms with E-state index in [0.29, 0.717) is 6.42 Å². The maximum Gasteiger partial charge on any atom is 0.162 e. The van der Waals surface area contributed by atoms with Crippen molar-refractivity contribution in [3.63, 3.8) is 0 Å². The Morgan fingerprint density at radius 3 is 2.47 bits per heavy atom. The van der Waals surface area contributed by atoms with Gasteiger partial charge in [0.15, 0.2) is 5.78 Å². The van der Waals surface area contributed by atoms with Crippen LogP contribution in [0.4, 0.5) is 0 Å². The zero-order valence-corrected chi connectivity index (χ0v) is 11.4. The summed E-state index contributed by atoms with van der Waals surface area (Å²) in [7, 11) is 0. The molecule has 0 amide bonds. The van der Waals surface area contributed by atoms with Crippen LogP contribution in [0, 0.1) is 12.3 Å². The number of hydrogen-bond acceptors (Lipinski definition) is 2. The van der Waals surface area contributed by atoms with Crippen LogP contribution in [0.1, 0.15) is 48.0 Å². The van der Waals surface area contributed by atoms with Crippen molar-refractivity contribution in [2.75, 3.05) is 19.6 Å². The lowest BCUT2D eigenvalue weighted by Gasteiger charge is -2.26. The third kappa shape index (κ3) is 4.22. The van der Waals surface area contributed by atoms with Crippen molar-refractivity contribution in [2.24, 2.45) is 0 Å². The van der Waals surface area contributed by atoms with Crippen molar-refractivity contribution in [2.45, 2.75) is 32.1 Å². The molecule has 1 saturated heterocycles. The second kappa shape index (κ2) is 7.11. The van der Waals surface area contributed by atoms with Crippen LogP contribution >= 0.6 is 0 Å². The molecule has 0 bridgehead atoms. The molecule has 100 valence electrons. The number of benzene rings is 1. The number of carbonyl (C=O) groups is 1. The fourth-order valence-electron chi connectivity index (χ4n) is 2.54. The minimum atomic E-state index is 0.223. The molecule has 0 aromatic heterocycles. The lowest BCUT2D eigenvalue weighted by molar-refractivity contribution is 0.0973. The number of terminal acetylenes is 1. The number of nitrogens with zero attached hydrogens (tertiary/aromatic N) is 1. The molecular formula is C17H21NO. The Bertz CT molecular complexity index is 449. The molecule has 1 aliphatic rings. The first kappa shape index (κ1) is 13.8. The topological polar surface area (TPSA) is 20.3 Å². The third-order valence-electron chi connectivity index (χ3n) is 3.70. The highest BCUT2D eigenvalue weighted by Gasteiger charge is 2.11. The normalized spacial score (nSPS) is 15.9. The maximum atomic E-state index is 12.0. The summed E-state index contributed by atoms with van der Waals surface area (Å²) in [6, 6.07) is 7.33. The summed E-state index contributed by atoms with van der Waals surface area (Å²) in [4.78, 5) is 14.5. The van der Waals surface area contributed by atoms with Crippen LogP contribution in [0.2, 0.25) is 0 Å². The van der Waals surface area contributed by atoms with Gasteiger partial charge in [-0.15, -0.1) is 6.42 Å². The van der Waals surface area contributed by atoms with Gasteiger partial charge in [0.25, 0.3) is 0 Å². The van der Waals surface area contributed by atoms with Gasteiger partial charge >= 0.3 is 0 Å². The molecule has 2 nitrogen and oxygen atoms in total. The van der Waals surface area contributed by atoms with E-state index >= 15 is 0 Å². The van der Waals surface area contributed by atoms with Gasteiger partial charge in [-0.3, -0.25) is 4.79 Å². The molecule has 0 atom stereocenters. The van der Waals surface area contributed by atoms with Crippen molar-refractivity contribution >= 4 is 5.78 Å². The molecule has 2 heteroatoms. The van der Waals surface area contributed by atoms with Gasteiger partial charge in [0.2, 0.25) is 0 Å². The van der Waals surface area contributed by atoms with Crippen LogP contribution in [0.15, 0.2) is 24.3 Å². The second-order valence-electron chi connectivity index (χ2n) is 5.15. The summed E-state index contributed by atoms with van der Waals surface area (Å²) in [5, 5.41) is 0. The zero-order valence-electron chi connectivity index (χ0n) is 11.4. The summed E-state index contributed by atoms with van der Waals surface area (Å²) in [5.74, 6) is 2.78. The van der Waals surface area contributed by atoms with E-state index in [-0.39, 0.29) is 5.78 Å². The molecule has 0 saturated carbocycles. The zero-order chi connectivity index (χ0) is 13.5. The minimum absolute atomic E-state index is 0.223. The molecule has 0 aliphatic carbocycles. The monoisotopic (exact) mass is 255 g/mol. The number of ketones is 1. The molecule has 1 fully saturated rings. The molecule has 1 aromatic carbocycles. The number of Topliss-reactive ketones (excluding diaryl/α,β-unsaturated/α-hetero) is 1. The SMILES string of the molecule is C#Cc1ccc(C(=O)CCCN2CCCCC2)cc1. The largest absolute Gasteiger partial charge is 0.303 e. The van der Waals surface area contributed by atoms with Crippen LogP contribution in [0.5, 0.6) is 0 Å². The van der Waals surface area contributed by atoms with Gasteiger partial charge in [-0.1, -0.05) is 24.5 Å². The first-order valence-electron chi connectivity index (χ1n) is 7.12. The van der Waals surface area contributed by atoms with Crippen molar-refractivity contribution in [1.29, 1.82) is 0 Å². The predicted molar refractivity (Wildman–Crippen MR) is 78.2 cm³/mol. The highest BCUT2D eigenvalue weighted by Crippen LogP contribution is 2.11. The number of rotatable bonds is 5. The Morgan fingerprint density at radius 1 is 1.16 bits per heavy atom. The average Bonchev–Trinajstić information content (AvgIpc) is 2.48. The molecule has 19 heavy (non-hydrogen) atoms. The van der Waals surface area contributed by atoms with Gasteiger partial charge < -0.3 is 4.90 Å². The van der Waals surface area contributed by atoms with Crippen LogP contribution in [0.3, 0.4) is 0 Å². The summed E-state index contributed by atoms with van der Waals surface area (Å²) in [6.45, 7) is 3.45. The number of piperidine rings is 1. The number of carbonyl (C=O) groups excluding carboxylic acids is 1. The number of hydrogen-bond donors (Lipinski definition) is 0. The Balaban J connectivity index is 1.75. The van der Waals surface area contributed by atoms with Crippen LogP contribution in [-0.2, 0) is 0 Å². The van der Waals surface area contributed by atoms with Crippen LogP contribution < -0.4 is 0 Å².